The minimum absolute atomic E-state index is 0.745. The van der Waals surface area contributed by atoms with E-state index in [-0.39, 0.29) is 0 Å². The third-order valence-corrected chi connectivity index (χ3v) is 4.80. The van der Waals surface area contributed by atoms with Crippen LogP contribution >= 0.6 is 22.9 Å². The van der Waals surface area contributed by atoms with Crippen molar-refractivity contribution in [1.29, 1.82) is 0 Å². The zero-order valence-electron chi connectivity index (χ0n) is 11.7. The number of hydrogen-bond donors (Lipinski definition) is 0. The van der Waals surface area contributed by atoms with E-state index < -0.39 is 0 Å². The highest BCUT2D eigenvalue weighted by atomic mass is 35.5. The van der Waals surface area contributed by atoms with Crippen LogP contribution in [-0.2, 0) is 0 Å². The van der Waals surface area contributed by atoms with Crippen molar-refractivity contribution in [2.45, 2.75) is 0 Å². The molecule has 3 aromatic carbocycles. The van der Waals surface area contributed by atoms with Gasteiger partial charge in [0, 0.05) is 21.5 Å². The fraction of sp³-hybridized carbons (Fsp3) is 0. The van der Waals surface area contributed by atoms with E-state index in [0.29, 0.717) is 0 Å². The first-order valence-corrected chi connectivity index (χ1v) is 8.27. The largest absolute Gasteiger partial charge is 0.236 e. The van der Waals surface area contributed by atoms with E-state index in [1.807, 2.05) is 24.3 Å². The molecule has 0 atom stereocenters. The van der Waals surface area contributed by atoms with Crippen LogP contribution in [0.4, 0.5) is 0 Å². The van der Waals surface area contributed by atoms with E-state index in [2.05, 4.69) is 47.8 Å². The summed E-state index contributed by atoms with van der Waals surface area (Å²) in [5.74, 6) is 0. The van der Waals surface area contributed by atoms with Crippen LogP contribution in [0.2, 0.25) is 5.02 Å². The summed E-state index contributed by atoms with van der Waals surface area (Å²) in [4.78, 5) is 4.81. The first kappa shape index (κ1) is 13.5. The Morgan fingerprint density at radius 1 is 0.818 bits per heavy atom. The van der Waals surface area contributed by atoms with Gasteiger partial charge in [0.15, 0.2) is 0 Å². The van der Waals surface area contributed by atoms with Gasteiger partial charge in [-0.25, -0.2) is 4.98 Å². The lowest BCUT2D eigenvalue weighted by Crippen LogP contribution is -1.82. The lowest BCUT2D eigenvalue weighted by Gasteiger charge is -2.03. The van der Waals surface area contributed by atoms with Gasteiger partial charge in [0.2, 0.25) is 0 Å². The molecule has 0 amide bonds. The Labute approximate surface area is 137 Å². The predicted molar refractivity (Wildman–Crippen MR) is 95.5 cm³/mol. The Kier molecular flexibility index (Phi) is 3.41. The van der Waals surface area contributed by atoms with Crippen LogP contribution in [0, 0.1) is 0 Å². The minimum atomic E-state index is 0.745. The summed E-state index contributed by atoms with van der Waals surface area (Å²) in [6.07, 6.45) is 0. The molecule has 1 aromatic heterocycles. The molecule has 3 heteroatoms. The van der Waals surface area contributed by atoms with Crippen LogP contribution in [0.1, 0.15) is 0 Å². The number of fused-ring (bicyclic) bond motifs is 1. The molecule has 0 fully saturated rings. The molecule has 4 aromatic rings. The Balaban J connectivity index is 1.82. The average Bonchev–Trinajstić information content (AvgIpc) is 3.05. The van der Waals surface area contributed by atoms with Gasteiger partial charge in [0.05, 0.1) is 5.69 Å². The van der Waals surface area contributed by atoms with Gasteiger partial charge in [-0.1, -0.05) is 66.2 Å². The van der Waals surface area contributed by atoms with E-state index in [4.69, 9.17) is 16.6 Å². The van der Waals surface area contributed by atoms with Crippen LogP contribution in [0.3, 0.4) is 0 Å². The molecule has 0 N–H and O–H groups in total. The maximum atomic E-state index is 5.95. The van der Waals surface area contributed by atoms with Crippen molar-refractivity contribution in [3.05, 3.63) is 77.1 Å². The van der Waals surface area contributed by atoms with E-state index in [1.165, 1.54) is 16.3 Å². The fourth-order valence-corrected chi connectivity index (χ4v) is 3.52. The van der Waals surface area contributed by atoms with Crippen molar-refractivity contribution in [3.63, 3.8) is 0 Å². The number of hydrogen-bond acceptors (Lipinski definition) is 2. The Morgan fingerprint density at radius 3 is 2.45 bits per heavy atom. The van der Waals surface area contributed by atoms with Gasteiger partial charge < -0.3 is 0 Å². The third kappa shape index (κ3) is 2.41. The molecule has 106 valence electrons. The van der Waals surface area contributed by atoms with Crippen molar-refractivity contribution in [3.8, 4) is 21.8 Å². The van der Waals surface area contributed by atoms with E-state index in [9.17, 15) is 0 Å². The van der Waals surface area contributed by atoms with E-state index in [0.717, 1.165) is 21.3 Å². The molecule has 0 unspecified atom stereocenters. The van der Waals surface area contributed by atoms with Gasteiger partial charge in [-0.2, -0.15) is 0 Å². The number of aromatic nitrogens is 1. The molecule has 1 nitrogen and oxygen atoms in total. The van der Waals surface area contributed by atoms with E-state index >= 15 is 0 Å². The molecular weight excluding hydrogens is 310 g/mol. The molecule has 0 aliphatic carbocycles. The summed E-state index contributed by atoms with van der Waals surface area (Å²) in [5.41, 5.74) is 3.29. The summed E-state index contributed by atoms with van der Waals surface area (Å²) < 4.78 is 0. The Bertz CT molecular complexity index is 936. The topological polar surface area (TPSA) is 12.9 Å². The smallest absolute Gasteiger partial charge is 0.124 e. The number of halogens is 1. The Morgan fingerprint density at radius 2 is 1.59 bits per heavy atom. The second kappa shape index (κ2) is 5.56. The average molecular weight is 322 g/mol. The molecule has 0 spiro atoms. The standard InChI is InChI=1S/C19H12ClNS/c20-15-10-8-14(9-11-15)19-21-18(12-22-19)17-7-3-5-13-4-1-2-6-16(13)17/h1-12H. The van der Waals surface area contributed by atoms with Gasteiger partial charge in [0.1, 0.15) is 5.01 Å². The zero-order chi connectivity index (χ0) is 14.9. The van der Waals surface area contributed by atoms with Crippen LogP contribution in [0.25, 0.3) is 32.6 Å². The van der Waals surface area contributed by atoms with Gasteiger partial charge in [0.25, 0.3) is 0 Å². The summed E-state index contributed by atoms with van der Waals surface area (Å²) in [6, 6.07) is 22.6. The SMILES string of the molecule is Clc1ccc(-c2nc(-c3cccc4ccccc34)cs2)cc1. The van der Waals surface area contributed by atoms with Crippen LogP contribution < -0.4 is 0 Å². The molecule has 4 rings (SSSR count). The number of thiazole rings is 1. The fourth-order valence-electron chi connectivity index (χ4n) is 2.57. The second-order valence-corrected chi connectivity index (χ2v) is 6.37. The zero-order valence-corrected chi connectivity index (χ0v) is 13.2. The van der Waals surface area contributed by atoms with Crippen LogP contribution in [0.5, 0.6) is 0 Å². The number of nitrogens with zero attached hydrogens (tertiary/aromatic N) is 1. The van der Waals surface area contributed by atoms with Crippen molar-refractivity contribution < 1.29 is 0 Å². The Hall–Kier alpha value is -2.16. The third-order valence-electron chi connectivity index (χ3n) is 3.66. The molecule has 0 aliphatic rings. The maximum absolute atomic E-state index is 5.95. The first-order valence-electron chi connectivity index (χ1n) is 7.01. The molecular formula is C19H12ClNS. The lowest BCUT2D eigenvalue weighted by molar-refractivity contribution is 1.41. The number of benzene rings is 3. The van der Waals surface area contributed by atoms with Crippen molar-refractivity contribution in [2.75, 3.05) is 0 Å². The maximum Gasteiger partial charge on any atom is 0.124 e. The monoisotopic (exact) mass is 321 g/mol. The lowest BCUT2D eigenvalue weighted by atomic mass is 10.0. The predicted octanol–water partition coefficient (Wildman–Crippen LogP) is 6.28. The minimum Gasteiger partial charge on any atom is -0.236 e. The molecule has 22 heavy (non-hydrogen) atoms. The van der Waals surface area contributed by atoms with Gasteiger partial charge in [-0.05, 0) is 22.9 Å². The van der Waals surface area contributed by atoms with E-state index in [1.54, 1.807) is 11.3 Å². The van der Waals surface area contributed by atoms with Crippen LogP contribution in [-0.4, -0.2) is 4.98 Å². The van der Waals surface area contributed by atoms with Crippen LogP contribution in [0.15, 0.2) is 72.1 Å². The molecule has 1 heterocycles. The van der Waals surface area contributed by atoms with Crippen molar-refractivity contribution in [2.24, 2.45) is 0 Å². The quantitative estimate of drug-likeness (QED) is 0.423. The first-order chi connectivity index (χ1) is 10.8. The summed E-state index contributed by atoms with van der Waals surface area (Å²) in [6.45, 7) is 0. The van der Waals surface area contributed by atoms with Gasteiger partial charge in [-0.3, -0.25) is 0 Å². The summed E-state index contributed by atoms with van der Waals surface area (Å²) in [7, 11) is 0. The highest BCUT2D eigenvalue weighted by Gasteiger charge is 2.09. The molecule has 0 aliphatic heterocycles. The van der Waals surface area contributed by atoms with Gasteiger partial charge >= 0.3 is 0 Å². The molecule has 0 bridgehead atoms. The molecule has 0 radical (unpaired) electrons. The second-order valence-electron chi connectivity index (χ2n) is 5.07. The highest BCUT2D eigenvalue weighted by molar-refractivity contribution is 7.13. The van der Waals surface area contributed by atoms with Crippen molar-refractivity contribution >= 4 is 33.7 Å². The van der Waals surface area contributed by atoms with Gasteiger partial charge in [-0.15, -0.1) is 11.3 Å². The molecule has 0 saturated carbocycles. The highest BCUT2D eigenvalue weighted by Crippen LogP contribution is 2.33. The van der Waals surface area contributed by atoms with Crippen molar-refractivity contribution in [1.82, 2.24) is 4.98 Å². The normalized spacial score (nSPS) is 11.0. The summed E-state index contributed by atoms with van der Waals surface area (Å²) >= 11 is 7.61. The number of rotatable bonds is 2. The summed E-state index contributed by atoms with van der Waals surface area (Å²) in [5, 5.41) is 6.35. The molecule has 0 saturated heterocycles.